The molecule has 0 aliphatic heterocycles. The van der Waals surface area contributed by atoms with Gasteiger partial charge in [0.25, 0.3) is 0 Å². The van der Waals surface area contributed by atoms with Crippen molar-refractivity contribution in [3.8, 4) is 0 Å². The summed E-state index contributed by atoms with van der Waals surface area (Å²) in [5, 5.41) is 6.35. The first kappa shape index (κ1) is 11.2. The molecule has 14 heavy (non-hydrogen) atoms. The third-order valence-corrected chi connectivity index (χ3v) is 3.96. The average molecular weight is 217 g/mol. The molecule has 0 aromatic carbocycles. The second-order valence-corrected chi connectivity index (χ2v) is 6.56. The van der Waals surface area contributed by atoms with Crippen LogP contribution in [0.15, 0.2) is 12.4 Å². The van der Waals surface area contributed by atoms with Crippen LogP contribution in [-0.2, 0) is 16.6 Å². The van der Waals surface area contributed by atoms with E-state index in [-0.39, 0.29) is 6.54 Å². The van der Waals surface area contributed by atoms with Crippen LogP contribution in [0.5, 0.6) is 0 Å². The topological polar surface area (TPSA) is 74.8 Å². The van der Waals surface area contributed by atoms with Gasteiger partial charge in [-0.3, -0.25) is 5.10 Å². The lowest BCUT2D eigenvalue weighted by molar-refractivity contribution is 0.544. The number of aromatic amines is 1. The van der Waals surface area contributed by atoms with E-state index in [1.807, 2.05) is 0 Å². The molecule has 1 rings (SSSR count). The van der Waals surface area contributed by atoms with E-state index in [0.29, 0.717) is 0 Å². The Labute approximate surface area is 84.0 Å². The SMILES string of the molecule is CC(C)(C)S(=O)(=O)NCc1cn[nH]c1. The van der Waals surface area contributed by atoms with Crippen molar-refractivity contribution >= 4 is 10.0 Å². The van der Waals surface area contributed by atoms with E-state index < -0.39 is 14.8 Å². The van der Waals surface area contributed by atoms with Crippen LogP contribution in [0.4, 0.5) is 0 Å². The molecule has 0 bridgehead atoms. The number of sulfonamides is 1. The first-order valence-electron chi connectivity index (χ1n) is 4.30. The normalized spacial score (nSPS) is 13.1. The van der Waals surface area contributed by atoms with Crippen molar-refractivity contribution in [2.45, 2.75) is 32.1 Å². The summed E-state index contributed by atoms with van der Waals surface area (Å²) in [6.45, 7) is 5.25. The summed E-state index contributed by atoms with van der Waals surface area (Å²) < 4.78 is 24.9. The van der Waals surface area contributed by atoms with Crippen LogP contribution >= 0.6 is 0 Å². The summed E-state index contributed by atoms with van der Waals surface area (Å²) >= 11 is 0. The van der Waals surface area contributed by atoms with Crippen LogP contribution in [0, 0.1) is 0 Å². The Morgan fingerprint density at radius 3 is 2.57 bits per heavy atom. The quantitative estimate of drug-likeness (QED) is 0.779. The highest BCUT2D eigenvalue weighted by Crippen LogP contribution is 2.13. The molecular formula is C8H15N3O2S. The Kier molecular flexibility index (Phi) is 2.96. The minimum atomic E-state index is -3.27. The van der Waals surface area contributed by atoms with Gasteiger partial charge in [0.1, 0.15) is 0 Å². The van der Waals surface area contributed by atoms with Crippen LogP contribution < -0.4 is 4.72 Å². The monoisotopic (exact) mass is 217 g/mol. The Bertz CT molecular complexity index is 375. The Hall–Kier alpha value is -0.880. The van der Waals surface area contributed by atoms with Crippen molar-refractivity contribution in [3.05, 3.63) is 18.0 Å². The first-order valence-corrected chi connectivity index (χ1v) is 5.78. The number of nitrogens with one attached hydrogen (secondary N) is 2. The highest BCUT2D eigenvalue weighted by atomic mass is 32.2. The Balaban J connectivity index is 2.63. The fourth-order valence-electron chi connectivity index (χ4n) is 0.769. The van der Waals surface area contributed by atoms with Crippen molar-refractivity contribution in [2.75, 3.05) is 0 Å². The number of hydrogen-bond donors (Lipinski definition) is 2. The van der Waals surface area contributed by atoms with Gasteiger partial charge in [0.05, 0.1) is 10.9 Å². The fourth-order valence-corrected chi connectivity index (χ4v) is 1.56. The molecule has 0 unspecified atom stereocenters. The molecule has 2 N–H and O–H groups in total. The molecule has 1 aromatic heterocycles. The van der Waals surface area contributed by atoms with Crippen LogP contribution in [0.25, 0.3) is 0 Å². The summed E-state index contributed by atoms with van der Waals surface area (Å²) in [6.07, 6.45) is 3.25. The maximum atomic E-state index is 11.6. The first-order chi connectivity index (χ1) is 6.33. The van der Waals surface area contributed by atoms with E-state index >= 15 is 0 Å². The fraction of sp³-hybridized carbons (Fsp3) is 0.625. The Morgan fingerprint density at radius 1 is 1.50 bits per heavy atom. The molecule has 0 fully saturated rings. The smallest absolute Gasteiger partial charge is 0.216 e. The molecule has 0 radical (unpaired) electrons. The minimum Gasteiger partial charge on any atom is -0.285 e. The van der Waals surface area contributed by atoms with Gasteiger partial charge in [-0.25, -0.2) is 13.1 Å². The van der Waals surface area contributed by atoms with E-state index in [9.17, 15) is 8.42 Å². The van der Waals surface area contributed by atoms with Gasteiger partial charge < -0.3 is 0 Å². The van der Waals surface area contributed by atoms with E-state index in [4.69, 9.17) is 0 Å². The third kappa shape index (κ3) is 2.55. The van der Waals surface area contributed by atoms with Crippen LogP contribution in [0.3, 0.4) is 0 Å². The lowest BCUT2D eigenvalue weighted by Crippen LogP contribution is -2.38. The lowest BCUT2D eigenvalue weighted by Gasteiger charge is -2.19. The molecular weight excluding hydrogens is 202 g/mol. The van der Waals surface area contributed by atoms with Crippen molar-refractivity contribution in [2.24, 2.45) is 0 Å². The Morgan fingerprint density at radius 2 is 2.14 bits per heavy atom. The number of H-pyrrole nitrogens is 1. The zero-order valence-corrected chi connectivity index (χ0v) is 9.35. The third-order valence-electron chi connectivity index (χ3n) is 1.83. The maximum Gasteiger partial charge on any atom is 0.216 e. The zero-order valence-electron chi connectivity index (χ0n) is 8.53. The van der Waals surface area contributed by atoms with Gasteiger partial charge in [-0.15, -0.1) is 0 Å². The predicted octanol–water partition coefficient (Wildman–Crippen LogP) is 0.628. The molecule has 80 valence electrons. The minimum absolute atomic E-state index is 0.274. The molecule has 5 nitrogen and oxygen atoms in total. The molecule has 0 amide bonds. The second-order valence-electron chi connectivity index (χ2n) is 4.04. The van der Waals surface area contributed by atoms with Crippen LogP contribution in [0.2, 0.25) is 0 Å². The van der Waals surface area contributed by atoms with Gasteiger partial charge in [0.15, 0.2) is 0 Å². The summed E-state index contributed by atoms with van der Waals surface area (Å²) in [4.78, 5) is 0. The van der Waals surface area contributed by atoms with E-state index in [1.165, 1.54) is 0 Å². The molecule has 0 saturated carbocycles. The highest BCUT2D eigenvalue weighted by Gasteiger charge is 2.28. The molecule has 0 aliphatic carbocycles. The van der Waals surface area contributed by atoms with Gasteiger partial charge in [-0.2, -0.15) is 5.10 Å². The summed E-state index contributed by atoms with van der Waals surface area (Å²) in [7, 11) is -3.27. The van der Waals surface area contributed by atoms with Crippen LogP contribution in [0.1, 0.15) is 26.3 Å². The number of hydrogen-bond acceptors (Lipinski definition) is 3. The van der Waals surface area contributed by atoms with Gasteiger partial charge in [-0.05, 0) is 20.8 Å². The molecule has 6 heteroatoms. The van der Waals surface area contributed by atoms with E-state index in [0.717, 1.165) is 5.56 Å². The molecule has 0 aliphatic rings. The largest absolute Gasteiger partial charge is 0.285 e. The standard InChI is InChI=1S/C8H15N3O2S/c1-8(2,3)14(12,13)11-6-7-4-9-10-5-7/h4-5,11H,6H2,1-3H3,(H,9,10). The molecule has 1 heterocycles. The van der Waals surface area contributed by atoms with Gasteiger partial charge in [0.2, 0.25) is 10.0 Å². The van der Waals surface area contributed by atoms with Crippen molar-refractivity contribution < 1.29 is 8.42 Å². The van der Waals surface area contributed by atoms with Gasteiger partial charge in [0, 0.05) is 18.3 Å². The summed E-state index contributed by atoms with van der Waals surface area (Å²) in [5.41, 5.74) is 0.817. The highest BCUT2D eigenvalue weighted by molar-refractivity contribution is 7.90. The van der Waals surface area contributed by atoms with E-state index in [1.54, 1.807) is 33.2 Å². The second kappa shape index (κ2) is 3.70. The van der Waals surface area contributed by atoms with Crippen LogP contribution in [-0.4, -0.2) is 23.4 Å². The van der Waals surface area contributed by atoms with Gasteiger partial charge in [-0.1, -0.05) is 0 Å². The summed E-state index contributed by atoms with van der Waals surface area (Å²) in [6, 6.07) is 0. The van der Waals surface area contributed by atoms with Crippen molar-refractivity contribution in [3.63, 3.8) is 0 Å². The molecule has 1 aromatic rings. The molecule has 0 atom stereocenters. The average Bonchev–Trinajstić information content (AvgIpc) is 2.50. The number of rotatable bonds is 3. The van der Waals surface area contributed by atoms with E-state index in [2.05, 4.69) is 14.9 Å². The summed E-state index contributed by atoms with van der Waals surface area (Å²) in [5.74, 6) is 0. The number of nitrogens with zero attached hydrogens (tertiary/aromatic N) is 1. The van der Waals surface area contributed by atoms with Gasteiger partial charge >= 0.3 is 0 Å². The van der Waals surface area contributed by atoms with Crippen molar-refractivity contribution in [1.82, 2.24) is 14.9 Å². The molecule has 0 spiro atoms. The van der Waals surface area contributed by atoms with Crippen molar-refractivity contribution in [1.29, 1.82) is 0 Å². The number of aromatic nitrogens is 2. The lowest BCUT2D eigenvalue weighted by atomic mass is 10.3. The maximum absolute atomic E-state index is 11.6. The zero-order chi connectivity index (χ0) is 10.8. The molecule has 0 saturated heterocycles. The predicted molar refractivity (Wildman–Crippen MR) is 54.1 cm³/mol.